The van der Waals surface area contributed by atoms with E-state index in [1.54, 1.807) is 0 Å². The SMILES string of the molecule is C=C(C)CCOc1cc(CNC(C)C)cc(C)n1. The van der Waals surface area contributed by atoms with Gasteiger partial charge >= 0.3 is 0 Å². The molecule has 1 aromatic rings. The van der Waals surface area contributed by atoms with E-state index < -0.39 is 0 Å². The average Bonchev–Trinajstić information content (AvgIpc) is 2.25. The van der Waals surface area contributed by atoms with Gasteiger partial charge in [-0.1, -0.05) is 19.4 Å². The summed E-state index contributed by atoms with van der Waals surface area (Å²) in [7, 11) is 0. The Balaban J connectivity index is 2.59. The van der Waals surface area contributed by atoms with E-state index in [2.05, 4.69) is 36.8 Å². The predicted octanol–water partition coefficient (Wildman–Crippen LogP) is 3.23. The maximum absolute atomic E-state index is 5.65. The second kappa shape index (κ2) is 7.17. The Morgan fingerprint density at radius 1 is 1.44 bits per heavy atom. The molecule has 0 aliphatic rings. The summed E-state index contributed by atoms with van der Waals surface area (Å²) in [6.07, 6.45) is 0.870. The van der Waals surface area contributed by atoms with Gasteiger partial charge in [0, 0.05) is 30.8 Å². The highest BCUT2D eigenvalue weighted by molar-refractivity contribution is 5.24. The molecule has 1 heterocycles. The van der Waals surface area contributed by atoms with Crippen LogP contribution in [0.5, 0.6) is 5.88 Å². The number of hydrogen-bond donors (Lipinski definition) is 1. The van der Waals surface area contributed by atoms with Crippen molar-refractivity contribution in [3.05, 3.63) is 35.5 Å². The smallest absolute Gasteiger partial charge is 0.213 e. The van der Waals surface area contributed by atoms with E-state index in [0.717, 1.165) is 24.2 Å². The highest BCUT2D eigenvalue weighted by atomic mass is 16.5. The number of nitrogens with one attached hydrogen (secondary N) is 1. The van der Waals surface area contributed by atoms with Crippen LogP contribution in [0.4, 0.5) is 0 Å². The second-order valence-corrected chi connectivity index (χ2v) is 5.05. The van der Waals surface area contributed by atoms with Crippen LogP contribution in [0.25, 0.3) is 0 Å². The summed E-state index contributed by atoms with van der Waals surface area (Å²) in [5.74, 6) is 0.705. The lowest BCUT2D eigenvalue weighted by molar-refractivity contribution is 0.308. The van der Waals surface area contributed by atoms with E-state index in [9.17, 15) is 0 Å². The fraction of sp³-hybridized carbons (Fsp3) is 0.533. The lowest BCUT2D eigenvalue weighted by Gasteiger charge is -2.11. The van der Waals surface area contributed by atoms with Gasteiger partial charge in [-0.15, -0.1) is 6.58 Å². The molecule has 0 bridgehead atoms. The number of nitrogens with zero attached hydrogens (tertiary/aromatic N) is 1. The molecule has 1 N–H and O–H groups in total. The third kappa shape index (κ3) is 5.82. The van der Waals surface area contributed by atoms with Gasteiger partial charge in [0.05, 0.1) is 6.61 Å². The summed E-state index contributed by atoms with van der Waals surface area (Å²) in [4.78, 5) is 4.38. The molecule has 0 radical (unpaired) electrons. The monoisotopic (exact) mass is 248 g/mol. The first-order chi connectivity index (χ1) is 8.47. The van der Waals surface area contributed by atoms with Crippen molar-refractivity contribution in [1.82, 2.24) is 10.3 Å². The zero-order valence-electron chi connectivity index (χ0n) is 11.9. The van der Waals surface area contributed by atoms with E-state index in [0.29, 0.717) is 18.5 Å². The van der Waals surface area contributed by atoms with Gasteiger partial charge in [-0.3, -0.25) is 0 Å². The van der Waals surface area contributed by atoms with Crippen LogP contribution >= 0.6 is 0 Å². The Morgan fingerprint density at radius 3 is 2.78 bits per heavy atom. The van der Waals surface area contributed by atoms with Crippen molar-refractivity contribution in [2.24, 2.45) is 0 Å². The van der Waals surface area contributed by atoms with Crippen molar-refractivity contribution in [3.63, 3.8) is 0 Å². The Bertz CT molecular complexity index is 399. The highest BCUT2D eigenvalue weighted by Crippen LogP contribution is 2.13. The minimum absolute atomic E-state index is 0.478. The van der Waals surface area contributed by atoms with Crippen LogP contribution in [0, 0.1) is 6.92 Å². The summed E-state index contributed by atoms with van der Waals surface area (Å²) in [6, 6.07) is 4.56. The van der Waals surface area contributed by atoms with Gasteiger partial charge < -0.3 is 10.1 Å². The molecule has 100 valence electrons. The maximum atomic E-state index is 5.65. The number of aromatic nitrogens is 1. The molecule has 0 atom stereocenters. The van der Waals surface area contributed by atoms with Crippen molar-refractivity contribution in [2.45, 2.75) is 46.7 Å². The van der Waals surface area contributed by atoms with Gasteiger partial charge in [0.2, 0.25) is 5.88 Å². The summed E-state index contributed by atoms with van der Waals surface area (Å²) >= 11 is 0. The zero-order chi connectivity index (χ0) is 13.5. The lowest BCUT2D eigenvalue weighted by atomic mass is 10.2. The molecule has 0 saturated heterocycles. The summed E-state index contributed by atoms with van der Waals surface area (Å²) < 4.78 is 5.65. The van der Waals surface area contributed by atoms with Crippen LogP contribution < -0.4 is 10.1 Å². The van der Waals surface area contributed by atoms with Crippen molar-refractivity contribution in [1.29, 1.82) is 0 Å². The molecule has 0 aliphatic carbocycles. The van der Waals surface area contributed by atoms with Crippen molar-refractivity contribution in [3.8, 4) is 5.88 Å². The standard InChI is InChI=1S/C15H24N2O/c1-11(2)6-7-18-15-9-14(8-13(5)17-15)10-16-12(3)4/h8-9,12,16H,1,6-7,10H2,2-5H3. The molecule has 0 unspecified atom stereocenters. The second-order valence-electron chi connectivity index (χ2n) is 5.05. The molecule has 0 aromatic carbocycles. The number of hydrogen-bond acceptors (Lipinski definition) is 3. The first-order valence-electron chi connectivity index (χ1n) is 6.45. The molecule has 1 rings (SSSR count). The molecule has 0 saturated carbocycles. The molecule has 3 nitrogen and oxygen atoms in total. The number of aryl methyl sites for hydroxylation is 1. The van der Waals surface area contributed by atoms with E-state index in [1.165, 1.54) is 5.56 Å². The van der Waals surface area contributed by atoms with Crippen LogP contribution in [-0.2, 0) is 6.54 Å². The van der Waals surface area contributed by atoms with Crippen molar-refractivity contribution in [2.75, 3.05) is 6.61 Å². The minimum atomic E-state index is 0.478. The van der Waals surface area contributed by atoms with Crippen LogP contribution in [0.1, 0.15) is 38.4 Å². The number of rotatable bonds is 7. The van der Waals surface area contributed by atoms with Gasteiger partial charge in [-0.05, 0) is 25.5 Å². The van der Waals surface area contributed by atoms with Gasteiger partial charge in [-0.25, -0.2) is 4.98 Å². The number of ether oxygens (including phenoxy) is 1. The normalized spacial score (nSPS) is 10.7. The van der Waals surface area contributed by atoms with Crippen LogP contribution in [-0.4, -0.2) is 17.6 Å². The minimum Gasteiger partial charge on any atom is -0.477 e. The first kappa shape index (κ1) is 14.7. The molecule has 0 spiro atoms. The fourth-order valence-electron chi connectivity index (χ4n) is 1.53. The van der Waals surface area contributed by atoms with Gasteiger partial charge in [0.25, 0.3) is 0 Å². The van der Waals surface area contributed by atoms with Gasteiger partial charge in [0.1, 0.15) is 0 Å². The van der Waals surface area contributed by atoms with E-state index in [4.69, 9.17) is 4.74 Å². The maximum Gasteiger partial charge on any atom is 0.213 e. The quantitative estimate of drug-likeness (QED) is 0.752. The average molecular weight is 248 g/mol. The molecule has 0 aliphatic heterocycles. The van der Waals surface area contributed by atoms with E-state index in [-0.39, 0.29) is 0 Å². The Labute approximate surface area is 110 Å². The third-order valence-electron chi connectivity index (χ3n) is 2.48. The molecular weight excluding hydrogens is 224 g/mol. The summed E-state index contributed by atoms with van der Waals surface area (Å²) in [5, 5.41) is 3.39. The molecule has 1 aromatic heterocycles. The molecule has 18 heavy (non-hydrogen) atoms. The van der Waals surface area contributed by atoms with Gasteiger partial charge in [0.15, 0.2) is 0 Å². The Kier molecular flexibility index (Phi) is 5.86. The lowest BCUT2D eigenvalue weighted by Crippen LogP contribution is -2.22. The van der Waals surface area contributed by atoms with E-state index >= 15 is 0 Å². The topological polar surface area (TPSA) is 34.1 Å². The zero-order valence-corrected chi connectivity index (χ0v) is 11.9. The number of pyridine rings is 1. The van der Waals surface area contributed by atoms with Crippen molar-refractivity contribution < 1.29 is 4.74 Å². The third-order valence-corrected chi connectivity index (χ3v) is 2.48. The Morgan fingerprint density at radius 2 is 2.17 bits per heavy atom. The van der Waals surface area contributed by atoms with Crippen molar-refractivity contribution >= 4 is 0 Å². The largest absolute Gasteiger partial charge is 0.477 e. The van der Waals surface area contributed by atoms with Gasteiger partial charge in [-0.2, -0.15) is 0 Å². The summed E-state index contributed by atoms with van der Waals surface area (Å²) in [5.41, 5.74) is 3.33. The first-order valence-corrected chi connectivity index (χ1v) is 6.45. The fourth-order valence-corrected chi connectivity index (χ4v) is 1.53. The molecule has 3 heteroatoms. The van der Waals surface area contributed by atoms with Crippen LogP contribution in [0.3, 0.4) is 0 Å². The predicted molar refractivity (Wildman–Crippen MR) is 75.9 cm³/mol. The van der Waals surface area contributed by atoms with E-state index in [1.807, 2.05) is 19.9 Å². The highest BCUT2D eigenvalue weighted by Gasteiger charge is 2.02. The Hall–Kier alpha value is -1.35. The van der Waals surface area contributed by atoms with Crippen LogP contribution in [0.2, 0.25) is 0 Å². The van der Waals surface area contributed by atoms with Crippen LogP contribution in [0.15, 0.2) is 24.3 Å². The molecule has 0 fully saturated rings. The summed E-state index contributed by atoms with van der Waals surface area (Å²) in [6.45, 7) is 13.6. The molecule has 0 amide bonds. The molecular formula is C15H24N2O.